The number of ether oxygens (including phenoxy) is 1. The molecule has 0 spiro atoms. The molecule has 1 unspecified atom stereocenters. The number of hydrogen-bond donors (Lipinski definition) is 0. The van der Waals surface area contributed by atoms with E-state index in [9.17, 15) is 4.79 Å². The third-order valence-corrected chi connectivity index (χ3v) is 4.13. The lowest BCUT2D eigenvalue weighted by Gasteiger charge is -2.22. The lowest BCUT2D eigenvalue weighted by Crippen LogP contribution is -2.25. The Morgan fingerprint density at radius 1 is 1.42 bits per heavy atom. The van der Waals surface area contributed by atoms with E-state index in [2.05, 4.69) is 13.5 Å². The Hall–Kier alpha value is -1.57. The van der Waals surface area contributed by atoms with Gasteiger partial charge in [0.2, 0.25) is 0 Å². The van der Waals surface area contributed by atoms with Crippen LogP contribution in [0.2, 0.25) is 0 Å². The van der Waals surface area contributed by atoms with Gasteiger partial charge in [0.05, 0.1) is 12.5 Å². The Morgan fingerprint density at radius 2 is 2.21 bits per heavy atom. The number of carbonyl (C=O) groups is 1. The van der Waals surface area contributed by atoms with E-state index in [1.54, 1.807) is 7.11 Å². The minimum absolute atomic E-state index is 0.233. The van der Waals surface area contributed by atoms with Gasteiger partial charge < -0.3 is 4.74 Å². The summed E-state index contributed by atoms with van der Waals surface area (Å²) in [7, 11) is 1.65. The molecule has 0 amide bonds. The van der Waals surface area contributed by atoms with Gasteiger partial charge in [-0.25, -0.2) is 0 Å². The Balaban J connectivity index is 2.26. The topological polar surface area (TPSA) is 26.3 Å². The molecule has 0 N–H and O–H groups in total. The summed E-state index contributed by atoms with van der Waals surface area (Å²) in [4.78, 5) is 12.6. The summed E-state index contributed by atoms with van der Waals surface area (Å²) in [6, 6.07) is 5.74. The molecule has 0 fully saturated rings. The Morgan fingerprint density at radius 3 is 2.84 bits per heavy atom. The highest BCUT2D eigenvalue weighted by Crippen LogP contribution is 2.42. The number of methoxy groups -OCH3 is 1. The fourth-order valence-corrected chi connectivity index (χ4v) is 2.91. The molecule has 0 radical (unpaired) electrons. The summed E-state index contributed by atoms with van der Waals surface area (Å²) in [6.07, 6.45) is 6.95. The number of hydrogen-bond acceptors (Lipinski definition) is 2. The SMILES string of the molecule is C=CC1(CCCCC)Cc2cc(OC)ccc2C1=O. The normalized spacial score (nSPS) is 21.3. The molecule has 1 aromatic carbocycles. The molecular weight excluding hydrogens is 236 g/mol. The maximum atomic E-state index is 12.6. The van der Waals surface area contributed by atoms with E-state index < -0.39 is 0 Å². The van der Waals surface area contributed by atoms with Crippen LogP contribution in [0.4, 0.5) is 0 Å². The number of unbranched alkanes of at least 4 members (excludes halogenated alkanes) is 2. The standard InChI is InChI=1S/C17H22O2/c1-4-6-7-10-17(5-2)12-13-11-14(19-3)8-9-15(13)16(17)18/h5,8-9,11H,2,4,6-7,10,12H2,1,3H3. The van der Waals surface area contributed by atoms with Crippen molar-refractivity contribution < 1.29 is 9.53 Å². The van der Waals surface area contributed by atoms with E-state index >= 15 is 0 Å². The minimum atomic E-state index is -0.385. The zero-order chi connectivity index (χ0) is 13.9. The number of rotatable bonds is 6. The van der Waals surface area contributed by atoms with Gasteiger partial charge >= 0.3 is 0 Å². The fourth-order valence-electron chi connectivity index (χ4n) is 2.91. The zero-order valence-electron chi connectivity index (χ0n) is 11.9. The van der Waals surface area contributed by atoms with Crippen LogP contribution in [-0.2, 0) is 6.42 Å². The third kappa shape index (κ3) is 2.44. The summed E-state index contributed by atoms with van der Waals surface area (Å²) >= 11 is 0. The van der Waals surface area contributed by atoms with Gasteiger partial charge in [0.15, 0.2) is 5.78 Å². The number of ketones is 1. The smallest absolute Gasteiger partial charge is 0.173 e. The Labute approximate surface area is 115 Å². The summed E-state index contributed by atoms with van der Waals surface area (Å²) in [5.41, 5.74) is 1.56. The second-order valence-corrected chi connectivity index (χ2v) is 5.35. The zero-order valence-corrected chi connectivity index (χ0v) is 11.9. The van der Waals surface area contributed by atoms with Crippen molar-refractivity contribution in [3.63, 3.8) is 0 Å². The molecule has 0 saturated heterocycles. The number of benzene rings is 1. The van der Waals surface area contributed by atoms with E-state index in [-0.39, 0.29) is 11.2 Å². The van der Waals surface area contributed by atoms with Gasteiger partial charge in [0.25, 0.3) is 0 Å². The first kappa shape index (κ1) is 13.9. The number of fused-ring (bicyclic) bond motifs is 1. The monoisotopic (exact) mass is 258 g/mol. The van der Waals surface area contributed by atoms with Gasteiger partial charge in [-0.3, -0.25) is 4.79 Å². The maximum absolute atomic E-state index is 12.6. The molecule has 2 heteroatoms. The van der Waals surface area contributed by atoms with Gasteiger partial charge in [0, 0.05) is 5.56 Å². The van der Waals surface area contributed by atoms with Crippen LogP contribution < -0.4 is 4.74 Å². The van der Waals surface area contributed by atoms with Gasteiger partial charge in [0.1, 0.15) is 5.75 Å². The molecule has 2 rings (SSSR count). The van der Waals surface area contributed by atoms with Crippen molar-refractivity contribution in [3.8, 4) is 5.75 Å². The number of allylic oxidation sites excluding steroid dienone is 1. The Kier molecular flexibility index (Phi) is 4.08. The second-order valence-electron chi connectivity index (χ2n) is 5.35. The minimum Gasteiger partial charge on any atom is -0.497 e. The molecular formula is C17H22O2. The predicted molar refractivity (Wildman–Crippen MR) is 77.8 cm³/mol. The molecule has 1 aliphatic carbocycles. The van der Waals surface area contributed by atoms with E-state index in [4.69, 9.17) is 4.74 Å². The summed E-state index contributed by atoms with van der Waals surface area (Å²) in [6.45, 7) is 6.09. The van der Waals surface area contributed by atoms with Crippen LogP contribution in [0.3, 0.4) is 0 Å². The molecule has 1 aromatic rings. The van der Waals surface area contributed by atoms with Gasteiger partial charge in [-0.15, -0.1) is 6.58 Å². The van der Waals surface area contributed by atoms with Gasteiger partial charge in [-0.05, 0) is 36.6 Å². The highest BCUT2D eigenvalue weighted by Gasteiger charge is 2.42. The molecule has 0 saturated carbocycles. The van der Waals surface area contributed by atoms with Crippen molar-refractivity contribution in [2.24, 2.45) is 5.41 Å². The molecule has 1 atom stereocenters. The van der Waals surface area contributed by atoms with E-state index in [1.807, 2.05) is 24.3 Å². The van der Waals surface area contributed by atoms with Gasteiger partial charge in [-0.1, -0.05) is 32.3 Å². The average molecular weight is 258 g/mol. The van der Waals surface area contributed by atoms with Crippen molar-refractivity contribution in [3.05, 3.63) is 42.0 Å². The molecule has 0 aliphatic heterocycles. The van der Waals surface area contributed by atoms with E-state index in [0.29, 0.717) is 0 Å². The average Bonchev–Trinajstić information content (AvgIpc) is 2.72. The van der Waals surface area contributed by atoms with Crippen LogP contribution in [0.1, 0.15) is 48.5 Å². The van der Waals surface area contributed by atoms with Crippen molar-refractivity contribution >= 4 is 5.78 Å². The van der Waals surface area contributed by atoms with Crippen LogP contribution in [0.25, 0.3) is 0 Å². The highest BCUT2D eigenvalue weighted by atomic mass is 16.5. The fraction of sp³-hybridized carbons (Fsp3) is 0.471. The van der Waals surface area contributed by atoms with E-state index in [1.165, 1.54) is 12.8 Å². The molecule has 1 aliphatic rings. The number of Topliss-reactive ketones (excluding diaryl/α,β-unsaturated/α-hetero) is 1. The van der Waals surface area contributed by atoms with Crippen molar-refractivity contribution in [1.82, 2.24) is 0 Å². The quantitative estimate of drug-likeness (QED) is 0.565. The van der Waals surface area contributed by atoms with Gasteiger partial charge in [-0.2, -0.15) is 0 Å². The molecule has 0 bridgehead atoms. The lowest BCUT2D eigenvalue weighted by molar-refractivity contribution is 0.0862. The van der Waals surface area contributed by atoms with Crippen LogP contribution in [-0.4, -0.2) is 12.9 Å². The summed E-state index contributed by atoms with van der Waals surface area (Å²) in [5, 5.41) is 0. The molecule has 0 aromatic heterocycles. The first-order valence-corrected chi connectivity index (χ1v) is 7.02. The molecule has 19 heavy (non-hydrogen) atoms. The van der Waals surface area contributed by atoms with Crippen LogP contribution in [0, 0.1) is 5.41 Å². The lowest BCUT2D eigenvalue weighted by atomic mass is 9.79. The molecule has 0 heterocycles. The first-order valence-electron chi connectivity index (χ1n) is 7.02. The van der Waals surface area contributed by atoms with Crippen LogP contribution in [0.15, 0.2) is 30.9 Å². The largest absolute Gasteiger partial charge is 0.497 e. The summed E-state index contributed by atoms with van der Waals surface area (Å²) in [5.74, 6) is 1.05. The first-order chi connectivity index (χ1) is 9.16. The summed E-state index contributed by atoms with van der Waals surface area (Å²) < 4.78 is 5.24. The van der Waals surface area contributed by atoms with Crippen molar-refractivity contribution in [2.45, 2.75) is 39.0 Å². The van der Waals surface area contributed by atoms with Crippen LogP contribution in [0.5, 0.6) is 5.75 Å². The third-order valence-electron chi connectivity index (χ3n) is 4.13. The van der Waals surface area contributed by atoms with Crippen molar-refractivity contribution in [2.75, 3.05) is 7.11 Å². The molecule has 102 valence electrons. The maximum Gasteiger partial charge on any atom is 0.173 e. The van der Waals surface area contributed by atoms with E-state index in [0.717, 1.165) is 36.1 Å². The second kappa shape index (κ2) is 5.60. The van der Waals surface area contributed by atoms with Crippen molar-refractivity contribution in [1.29, 1.82) is 0 Å². The highest BCUT2D eigenvalue weighted by molar-refractivity contribution is 6.06. The molecule has 2 nitrogen and oxygen atoms in total. The Bertz CT molecular complexity index is 490. The number of carbonyl (C=O) groups excluding carboxylic acids is 1. The predicted octanol–water partition coefficient (Wildman–Crippen LogP) is 4.19. The van der Waals surface area contributed by atoms with Crippen LogP contribution >= 0.6 is 0 Å².